The molecule has 1 amide bonds. The smallest absolute Gasteiger partial charge is 0.263 e. The van der Waals surface area contributed by atoms with Crippen LogP contribution >= 0.6 is 0 Å². The Balaban J connectivity index is 1.40. The SMILES string of the molecule is Cc1cc(C)cc(O[C@H](C)C(=O)N2CCC(c3nn(C)c4nccnc34)CC2)c1. The van der Waals surface area contributed by atoms with Crippen molar-refractivity contribution >= 4 is 17.1 Å². The Morgan fingerprint density at radius 2 is 1.76 bits per heavy atom. The Bertz CT molecular complexity index is 1020. The van der Waals surface area contributed by atoms with Crippen LogP contribution in [0, 0.1) is 13.8 Å². The monoisotopic (exact) mass is 393 g/mol. The molecule has 0 spiro atoms. The first-order chi connectivity index (χ1) is 13.9. The summed E-state index contributed by atoms with van der Waals surface area (Å²) in [4.78, 5) is 23.6. The summed E-state index contributed by atoms with van der Waals surface area (Å²) in [6, 6.07) is 6.03. The van der Waals surface area contributed by atoms with Crippen LogP contribution in [0.5, 0.6) is 5.75 Å². The van der Waals surface area contributed by atoms with Crippen molar-refractivity contribution in [2.75, 3.05) is 13.1 Å². The number of hydrogen-bond acceptors (Lipinski definition) is 5. The van der Waals surface area contributed by atoms with Crippen molar-refractivity contribution in [3.05, 3.63) is 47.4 Å². The number of carbonyl (C=O) groups excluding carboxylic acids is 1. The van der Waals surface area contributed by atoms with Gasteiger partial charge in [-0.2, -0.15) is 5.10 Å². The summed E-state index contributed by atoms with van der Waals surface area (Å²) < 4.78 is 7.72. The highest BCUT2D eigenvalue weighted by atomic mass is 16.5. The molecule has 1 atom stereocenters. The summed E-state index contributed by atoms with van der Waals surface area (Å²) in [6.07, 6.45) is 4.62. The van der Waals surface area contributed by atoms with Gasteiger partial charge in [-0.1, -0.05) is 6.07 Å². The second-order valence-corrected chi connectivity index (χ2v) is 7.92. The van der Waals surface area contributed by atoms with Gasteiger partial charge in [-0.15, -0.1) is 0 Å². The van der Waals surface area contributed by atoms with Crippen molar-refractivity contribution in [3.63, 3.8) is 0 Å². The van der Waals surface area contributed by atoms with Gasteiger partial charge in [0.15, 0.2) is 11.8 Å². The van der Waals surface area contributed by atoms with E-state index in [0.717, 1.165) is 46.6 Å². The second kappa shape index (κ2) is 7.81. The summed E-state index contributed by atoms with van der Waals surface area (Å²) in [5.74, 6) is 1.07. The predicted molar refractivity (Wildman–Crippen MR) is 111 cm³/mol. The lowest BCUT2D eigenvalue weighted by Crippen LogP contribution is -2.44. The van der Waals surface area contributed by atoms with Crippen molar-refractivity contribution in [1.29, 1.82) is 0 Å². The fourth-order valence-electron chi connectivity index (χ4n) is 4.17. The Hall–Kier alpha value is -2.96. The fourth-order valence-corrected chi connectivity index (χ4v) is 4.17. The van der Waals surface area contributed by atoms with Crippen LogP contribution in [0.1, 0.15) is 42.5 Å². The number of amides is 1. The van der Waals surface area contributed by atoms with E-state index in [-0.39, 0.29) is 11.8 Å². The molecule has 4 rings (SSSR count). The molecule has 7 heteroatoms. The van der Waals surface area contributed by atoms with E-state index in [1.807, 2.05) is 44.9 Å². The molecule has 3 heterocycles. The van der Waals surface area contributed by atoms with Gasteiger partial charge in [-0.3, -0.25) is 4.79 Å². The molecule has 29 heavy (non-hydrogen) atoms. The van der Waals surface area contributed by atoms with E-state index in [0.29, 0.717) is 13.1 Å². The maximum atomic E-state index is 12.9. The van der Waals surface area contributed by atoms with Crippen LogP contribution in [0.15, 0.2) is 30.6 Å². The molecule has 0 unspecified atom stereocenters. The van der Waals surface area contributed by atoms with Gasteiger partial charge >= 0.3 is 0 Å². The van der Waals surface area contributed by atoms with Crippen molar-refractivity contribution in [1.82, 2.24) is 24.6 Å². The number of likely N-dealkylation sites (tertiary alicyclic amines) is 1. The Labute approximate surface area is 170 Å². The molecule has 1 aromatic carbocycles. The maximum Gasteiger partial charge on any atom is 0.263 e. The first-order valence-electron chi connectivity index (χ1n) is 10.1. The molecule has 0 N–H and O–H groups in total. The minimum absolute atomic E-state index is 0.0354. The number of rotatable bonds is 4. The molecule has 1 aliphatic rings. The van der Waals surface area contributed by atoms with Crippen LogP contribution in [0.3, 0.4) is 0 Å². The molecule has 0 saturated carbocycles. The maximum absolute atomic E-state index is 12.9. The molecule has 0 bridgehead atoms. The van der Waals surface area contributed by atoms with E-state index in [9.17, 15) is 4.79 Å². The number of carbonyl (C=O) groups is 1. The number of hydrogen-bond donors (Lipinski definition) is 0. The standard InChI is InChI=1S/C22H27N5O2/c1-14-11-15(2)13-18(12-14)29-16(3)22(28)27-9-5-17(6-10-27)19-20-21(26(4)25-19)24-8-7-23-20/h7-8,11-13,16-17H,5-6,9-10H2,1-4H3/t16-/m1/s1. The topological polar surface area (TPSA) is 73.1 Å². The normalized spacial score (nSPS) is 16.2. The van der Waals surface area contributed by atoms with Crippen LogP contribution in [-0.4, -0.2) is 49.7 Å². The highest BCUT2D eigenvalue weighted by Crippen LogP contribution is 2.31. The van der Waals surface area contributed by atoms with Crippen molar-refractivity contribution in [2.45, 2.75) is 45.6 Å². The first kappa shape index (κ1) is 19.4. The highest BCUT2D eigenvalue weighted by Gasteiger charge is 2.30. The summed E-state index contributed by atoms with van der Waals surface area (Å²) in [7, 11) is 1.89. The zero-order chi connectivity index (χ0) is 20.5. The largest absolute Gasteiger partial charge is 0.481 e. The number of aromatic nitrogens is 4. The number of fused-ring (bicyclic) bond motifs is 1. The lowest BCUT2D eigenvalue weighted by atomic mass is 9.93. The summed E-state index contributed by atoms with van der Waals surface area (Å²) in [6.45, 7) is 7.28. The van der Waals surface area contributed by atoms with E-state index in [4.69, 9.17) is 4.74 Å². The highest BCUT2D eigenvalue weighted by molar-refractivity contribution is 5.81. The third-order valence-electron chi connectivity index (χ3n) is 5.53. The van der Waals surface area contributed by atoms with Gasteiger partial charge in [0, 0.05) is 38.4 Å². The Kier molecular flexibility index (Phi) is 5.22. The molecule has 152 valence electrons. The number of ether oxygens (including phenoxy) is 1. The van der Waals surface area contributed by atoms with E-state index >= 15 is 0 Å². The predicted octanol–water partition coefficient (Wildman–Crippen LogP) is 3.15. The van der Waals surface area contributed by atoms with Crippen LogP contribution in [-0.2, 0) is 11.8 Å². The minimum atomic E-state index is -0.505. The number of nitrogens with zero attached hydrogens (tertiary/aromatic N) is 5. The van der Waals surface area contributed by atoms with Gasteiger partial charge in [-0.05, 0) is 56.9 Å². The first-order valence-corrected chi connectivity index (χ1v) is 10.1. The van der Waals surface area contributed by atoms with Gasteiger partial charge in [0.05, 0.1) is 5.69 Å². The molecule has 1 fully saturated rings. The van der Waals surface area contributed by atoms with Crippen LogP contribution in [0.4, 0.5) is 0 Å². The zero-order valence-corrected chi connectivity index (χ0v) is 17.4. The molecule has 0 radical (unpaired) electrons. The summed E-state index contributed by atoms with van der Waals surface area (Å²) in [5.41, 5.74) is 4.92. The molecule has 1 saturated heterocycles. The van der Waals surface area contributed by atoms with E-state index in [1.165, 1.54) is 0 Å². The molecule has 0 aliphatic carbocycles. The molecule has 1 aliphatic heterocycles. The third-order valence-corrected chi connectivity index (χ3v) is 5.53. The van der Waals surface area contributed by atoms with Gasteiger partial charge in [0.1, 0.15) is 11.3 Å². The van der Waals surface area contributed by atoms with Crippen molar-refractivity contribution in [2.24, 2.45) is 7.05 Å². The van der Waals surface area contributed by atoms with Crippen LogP contribution in [0.2, 0.25) is 0 Å². The van der Waals surface area contributed by atoms with E-state index in [1.54, 1.807) is 17.1 Å². The van der Waals surface area contributed by atoms with Crippen LogP contribution in [0.25, 0.3) is 11.2 Å². The summed E-state index contributed by atoms with van der Waals surface area (Å²) >= 11 is 0. The van der Waals surface area contributed by atoms with Gasteiger partial charge in [-0.25, -0.2) is 14.6 Å². The Morgan fingerprint density at radius 1 is 1.10 bits per heavy atom. The zero-order valence-electron chi connectivity index (χ0n) is 17.4. The fraction of sp³-hybridized carbons (Fsp3) is 0.455. The van der Waals surface area contributed by atoms with E-state index in [2.05, 4.69) is 21.1 Å². The third kappa shape index (κ3) is 3.95. The molecular weight excluding hydrogens is 366 g/mol. The second-order valence-electron chi connectivity index (χ2n) is 7.92. The Morgan fingerprint density at radius 3 is 2.45 bits per heavy atom. The van der Waals surface area contributed by atoms with Gasteiger partial charge < -0.3 is 9.64 Å². The average molecular weight is 393 g/mol. The van der Waals surface area contributed by atoms with Crippen molar-refractivity contribution in [3.8, 4) is 5.75 Å². The quantitative estimate of drug-likeness (QED) is 0.681. The molecule has 3 aromatic rings. The lowest BCUT2D eigenvalue weighted by Gasteiger charge is -2.33. The lowest BCUT2D eigenvalue weighted by molar-refractivity contribution is -0.139. The molecular formula is C22H27N5O2. The summed E-state index contributed by atoms with van der Waals surface area (Å²) in [5, 5.41) is 4.65. The number of benzene rings is 1. The van der Waals surface area contributed by atoms with Crippen LogP contribution < -0.4 is 4.74 Å². The number of piperidine rings is 1. The number of aryl methyl sites for hydroxylation is 3. The minimum Gasteiger partial charge on any atom is -0.481 e. The molecule has 2 aromatic heterocycles. The van der Waals surface area contributed by atoms with Crippen molar-refractivity contribution < 1.29 is 9.53 Å². The molecule has 7 nitrogen and oxygen atoms in total. The van der Waals surface area contributed by atoms with Gasteiger partial charge in [0.2, 0.25) is 0 Å². The van der Waals surface area contributed by atoms with Gasteiger partial charge in [0.25, 0.3) is 5.91 Å². The van der Waals surface area contributed by atoms with E-state index < -0.39 is 6.10 Å². The average Bonchev–Trinajstić information content (AvgIpc) is 3.04.